The number of likely N-dealkylation sites (N-methyl/N-ethyl adjacent to an activating group) is 2. The molecule has 2 fully saturated rings. The molecule has 8 rings (SSSR count). The van der Waals surface area contributed by atoms with Gasteiger partial charge in [0.15, 0.2) is 0 Å². The van der Waals surface area contributed by atoms with Crippen LogP contribution in [0.1, 0.15) is 125 Å². The van der Waals surface area contributed by atoms with Crippen LogP contribution in [-0.4, -0.2) is 151 Å². The Labute approximate surface area is 444 Å². The molecule has 6 N–H and O–H groups in total. The molecule has 0 spiro atoms. The number of aromatic nitrogens is 6. The van der Waals surface area contributed by atoms with Crippen molar-refractivity contribution in [2.45, 2.75) is 179 Å². The monoisotopic (exact) mass is 1050 g/mol. The molecular weight excluding hydrogens is 973 g/mol. The van der Waals surface area contributed by atoms with Crippen LogP contribution in [0.15, 0.2) is 60.9 Å². The first-order valence-electron chi connectivity index (χ1n) is 27.1. The minimum Gasteiger partial charge on any atom is -0.369 e. The number of hydrogen-bond donors (Lipinski definition) is 6. The molecule has 0 saturated carbocycles. The second-order valence-corrected chi connectivity index (χ2v) is 20.7. The molecule has 2 aliphatic carbocycles. The Morgan fingerprint density at radius 1 is 0.579 bits per heavy atom. The Hall–Kier alpha value is -6.62. The van der Waals surface area contributed by atoms with Gasteiger partial charge in [0.25, 0.3) is 0 Å². The number of nitrogens with one attached hydrogen (secondary N) is 6. The van der Waals surface area contributed by atoms with Crippen molar-refractivity contribution < 1.29 is 38.2 Å². The van der Waals surface area contributed by atoms with E-state index in [9.17, 15) is 28.8 Å². The van der Waals surface area contributed by atoms with E-state index in [2.05, 4.69) is 76.8 Å². The number of nitrogens with zero attached hydrogens (tertiary/aromatic N) is 8. The van der Waals surface area contributed by atoms with E-state index >= 15 is 0 Å². The Morgan fingerprint density at radius 3 is 1.39 bits per heavy atom. The zero-order valence-corrected chi connectivity index (χ0v) is 44.7. The maximum atomic E-state index is 14.4. The summed E-state index contributed by atoms with van der Waals surface area (Å²) in [6.45, 7) is 8.32. The van der Waals surface area contributed by atoms with Crippen LogP contribution in [0.3, 0.4) is 0 Å². The van der Waals surface area contributed by atoms with Crippen LogP contribution < -0.4 is 31.9 Å². The Morgan fingerprint density at radius 2 is 0.987 bits per heavy atom. The van der Waals surface area contributed by atoms with Crippen molar-refractivity contribution in [3.05, 3.63) is 94.6 Å². The lowest BCUT2D eigenvalue weighted by atomic mass is 9.87. The molecule has 2 aromatic carbocycles. The fourth-order valence-corrected chi connectivity index (χ4v) is 10.7. The lowest BCUT2D eigenvalue weighted by molar-refractivity contribution is -0.145. The van der Waals surface area contributed by atoms with E-state index in [4.69, 9.17) is 9.47 Å². The van der Waals surface area contributed by atoms with Gasteiger partial charge in [-0.25, -0.2) is 0 Å². The van der Waals surface area contributed by atoms with Crippen LogP contribution >= 0.6 is 0 Å². The number of carbonyl (C=O) groups is 6. The molecule has 0 unspecified atom stereocenters. The summed E-state index contributed by atoms with van der Waals surface area (Å²) < 4.78 is 15.7. The van der Waals surface area contributed by atoms with Crippen LogP contribution in [0.4, 0.5) is 0 Å². The smallest absolute Gasteiger partial charge is 0.248 e. The molecule has 2 aromatic heterocycles. The van der Waals surface area contributed by atoms with Gasteiger partial charge in [-0.05, 0) is 128 Å². The van der Waals surface area contributed by atoms with E-state index in [1.807, 2.05) is 24.3 Å². The van der Waals surface area contributed by atoms with E-state index in [1.54, 1.807) is 73.3 Å². The molecular formula is C54H76N14O8. The fraction of sp³-hybridized carbons (Fsp3) is 0.593. The van der Waals surface area contributed by atoms with Gasteiger partial charge >= 0.3 is 0 Å². The molecule has 22 nitrogen and oxygen atoms in total. The molecule has 22 heteroatoms. The predicted octanol–water partition coefficient (Wildman–Crippen LogP) is 1.94. The molecule has 2 aliphatic heterocycles. The van der Waals surface area contributed by atoms with Crippen LogP contribution in [-0.2, 0) is 77.4 Å². The van der Waals surface area contributed by atoms with Gasteiger partial charge in [0.1, 0.15) is 35.6 Å². The number of likely N-dealkylation sites (tertiary alicyclic amines) is 2. The zero-order chi connectivity index (χ0) is 53.9. The number of fused-ring (bicyclic) bond motifs is 2. The normalized spacial score (nSPS) is 21.6. The van der Waals surface area contributed by atoms with Gasteiger partial charge in [-0.2, -0.15) is 0 Å². The lowest BCUT2D eigenvalue weighted by Gasteiger charge is -2.33. The summed E-state index contributed by atoms with van der Waals surface area (Å²) in [5.74, 6) is -1.94. The Bertz CT molecular complexity index is 2480. The second-order valence-electron chi connectivity index (χ2n) is 20.7. The first-order valence-corrected chi connectivity index (χ1v) is 27.1. The van der Waals surface area contributed by atoms with Gasteiger partial charge < -0.3 is 51.2 Å². The minimum absolute atomic E-state index is 0.00464. The highest BCUT2D eigenvalue weighted by atomic mass is 16.5. The molecule has 4 aliphatic rings. The standard InChI is InChI=1S/C54H76N14O8/c1-33(55-5)49(69)59-47(53(73)67-25-13-23-45(67)51(71)57-43-21-11-17-37-15-7-9-19-41(37)43)35(3)75-31-39-29-65(63-61-39)27-28-66-30-40(62-64-66)32-76-36(4)48(60-50(70)34(2)56-6)54(74)68-26-14-24-46(68)52(72)58-44-22-12-18-38-16-8-10-20-42(38)44/h7-10,15-16,19-20,29-30,33-36,43-48,55-56H,11-14,17-18,21-28,31-32H2,1-6H3,(H,57,71)(H,58,72)(H,59,69)(H,60,70)/t33-,34-,35+,36+,43+,44+,45-,46-,47-,48-/m0/s1. The molecule has 4 heterocycles. The molecule has 76 heavy (non-hydrogen) atoms. The third-order valence-corrected chi connectivity index (χ3v) is 15.5. The maximum Gasteiger partial charge on any atom is 0.248 e. The lowest BCUT2D eigenvalue weighted by Crippen LogP contribution is -2.59. The maximum absolute atomic E-state index is 14.4. The van der Waals surface area contributed by atoms with Crippen molar-refractivity contribution in [2.24, 2.45) is 0 Å². The Kier molecular flexibility index (Phi) is 19.0. The third-order valence-electron chi connectivity index (χ3n) is 15.5. The van der Waals surface area contributed by atoms with E-state index < -0.39 is 48.5 Å². The van der Waals surface area contributed by atoms with E-state index in [0.29, 0.717) is 63.3 Å². The topological polar surface area (TPSA) is 261 Å². The third kappa shape index (κ3) is 13.5. The van der Waals surface area contributed by atoms with Crippen molar-refractivity contribution in [2.75, 3.05) is 27.2 Å². The summed E-state index contributed by atoms with van der Waals surface area (Å²) in [5.41, 5.74) is 5.68. The molecule has 10 atom stereocenters. The zero-order valence-electron chi connectivity index (χ0n) is 44.7. The van der Waals surface area contributed by atoms with Gasteiger partial charge in [0, 0.05) is 13.1 Å². The average molecular weight is 1050 g/mol. The molecule has 4 aromatic rings. The van der Waals surface area contributed by atoms with Crippen LogP contribution in [0.2, 0.25) is 0 Å². The number of rotatable bonds is 23. The number of benzene rings is 2. The van der Waals surface area contributed by atoms with Crippen molar-refractivity contribution in [1.29, 1.82) is 0 Å². The van der Waals surface area contributed by atoms with E-state index in [-0.39, 0.29) is 60.7 Å². The number of amides is 6. The average Bonchev–Trinajstić information content (AvgIpc) is 4.30. The quantitative estimate of drug-likeness (QED) is 0.0621. The van der Waals surface area contributed by atoms with Crippen molar-refractivity contribution >= 4 is 35.4 Å². The highest BCUT2D eigenvalue weighted by molar-refractivity contribution is 5.95. The molecule has 2 saturated heterocycles. The highest BCUT2D eigenvalue weighted by Gasteiger charge is 2.43. The first-order chi connectivity index (χ1) is 36.7. The predicted molar refractivity (Wildman–Crippen MR) is 279 cm³/mol. The SMILES string of the molecule is CN[C@@H](C)C(=O)N[C@H](C(=O)N1CCC[C@H]1C(=O)N[C@@H]1CCCc2ccccc21)[C@@H](C)OCc1cn(CCn2cc(CO[C@H](C)[C@H](NC(=O)[C@H](C)NC)C(=O)N3CCC[C@H]3C(=O)N[C@@H]3CCCc4ccccc43)nn2)nn1. The molecule has 0 bridgehead atoms. The minimum atomic E-state index is -1.08. The number of aryl methyl sites for hydroxylation is 4. The fourth-order valence-electron chi connectivity index (χ4n) is 10.7. The van der Waals surface area contributed by atoms with Crippen molar-refractivity contribution in [3.8, 4) is 0 Å². The van der Waals surface area contributed by atoms with E-state index in [1.165, 1.54) is 11.1 Å². The van der Waals surface area contributed by atoms with E-state index in [0.717, 1.165) is 49.7 Å². The number of ether oxygens (including phenoxy) is 2. The van der Waals surface area contributed by atoms with Gasteiger partial charge in [-0.3, -0.25) is 38.1 Å². The van der Waals surface area contributed by atoms with Crippen LogP contribution in [0.25, 0.3) is 0 Å². The van der Waals surface area contributed by atoms with Crippen LogP contribution in [0, 0.1) is 0 Å². The summed E-state index contributed by atoms with van der Waals surface area (Å²) in [6, 6.07) is 11.4. The van der Waals surface area contributed by atoms with Gasteiger partial charge in [-0.1, -0.05) is 59.0 Å². The summed E-state index contributed by atoms with van der Waals surface area (Å²) in [5, 5.41) is 35.1. The summed E-state index contributed by atoms with van der Waals surface area (Å²) >= 11 is 0. The van der Waals surface area contributed by atoms with Gasteiger partial charge in [0.05, 0.1) is 75.1 Å². The molecule has 6 amide bonds. The van der Waals surface area contributed by atoms with Crippen LogP contribution in [0.5, 0.6) is 0 Å². The second kappa shape index (κ2) is 25.9. The summed E-state index contributed by atoms with van der Waals surface area (Å²) in [6.07, 6.45) is 9.70. The number of hydrogen-bond acceptors (Lipinski definition) is 14. The Balaban J connectivity index is 0.837. The highest BCUT2D eigenvalue weighted by Crippen LogP contribution is 2.32. The van der Waals surface area contributed by atoms with Gasteiger partial charge in [-0.15, -0.1) is 10.2 Å². The van der Waals surface area contributed by atoms with Crippen molar-refractivity contribution in [1.82, 2.24) is 71.7 Å². The summed E-state index contributed by atoms with van der Waals surface area (Å²) in [7, 11) is 3.32. The van der Waals surface area contributed by atoms with Crippen molar-refractivity contribution in [3.63, 3.8) is 0 Å². The van der Waals surface area contributed by atoms with Gasteiger partial charge in [0.2, 0.25) is 35.4 Å². The number of carbonyl (C=O) groups excluding carboxylic acids is 6. The molecule has 0 radical (unpaired) electrons. The molecule has 410 valence electrons. The summed E-state index contributed by atoms with van der Waals surface area (Å²) in [4.78, 5) is 86.0. The largest absolute Gasteiger partial charge is 0.369 e. The first kappa shape index (κ1) is 55.6.